The molecule has 2 aromatic rings. The van der Waals surface area contributed by atoms with Gasteiger partial charge in [-0.3, -0.25) is 9.48 Å². The molecule has 0 unspecified atom stereocenters. The number of benzene rings is 1. The van der Waals surface area contributed by atoms with E-state index in [-0.39, 0.29) is 12.0 Å². The molecule has 1 aromatic heterocycles. The molecule has 0 fully saturated rings. The standard InChI is InChI=1S/C17H20N4O2/c22-17(15-9-13-10-18-6-7-21(13)20-15)19-11-16-14-4-2-1-3-12(14)5-8-23-16/h1-4,9,16,18H,5-8,10-11H2,(H,19,22)/t16-/m0/s1. The van der Waals surface area contributed by atoms with Gasteiger partial charge in [-0.05, 0) is 23.6 Å². The number of amides is 1. The van der Waals surface area contributed by atoms with Crippen LogP contribution >= 0.6 is 0 Å². The van der Waals surface area contributed by atoms with E-state index in [9.17, 15) is 4.79 Å². The zero-order valence-corrected chi connectivity index (χ0v) is 12.9. The maximum absolute atomic E-state index is 12.4. The van der Waals surface area contributed by atoms with Crippen LogP contribution in [0.3, 0.4) is 0 Å². The average molecular weight is 312 g/mol. The van der Waals surface area contributed by atoms with Crippen molar-refractivity contribution in [2.75, 3.05) is 19.7 Å². The smallest absolute Gasteiger partial charge is 0.271 e. The van der Waals surface area contributed by atoms with Crippen LogP contribution in [-0.2, 0) is 24.2 Å². The van der Waals surface area contributed by atoms with Gasteiger partial charge in [0.05, 0.1) is 18.8 Å². The lowest BCUT2D eigenvalue weighted by atomic mass is 9.97. The SMILES string of the molecule is O=C(NC[C@@H]1OCCc2ccccc21)c1cc2n(n1)CCNC2. The molecule has 0 spiro atoms. The molecule has 0 bridgehead atoms. The van der Waals surface area contributed by atoms with Crippen molar-refractivity contribution in [3.05, 3.63) is 52.8 Å². The maximum atomic E-state index is 12.4. The second kappa shape index (κ2) is 6.14. The van der Waals surface area contributed by atoms with Crippen LogP contribution in [0.25, 0.3) is 0 Å². The number of nitrogens with one attached hydrogen (secondary N) is 2. The van der Waals surface area contributed by atoms with Gasteiger partial charge in [-0.1, -0.05) is 24.3 Å². The first-order chi connectivity index (χ1) is 11.3. The number of hydrogen-bond acceptors (Lipinski definition) is 4. The molecule has 0 saturated carbocycles. The molecule has 1 atom stereocenters. The van der Waals surface area contributed by atoms with Gasteiger partial charge in [-0.2, -0.15) is 5.10 Å². The number of hydrogen-bond donors (Lipinski definition) is 2. The van der Waals surface area contributed by atoms with Gasteiger partial charge in [0.1, 0.15) is 11.8 Å². The topological polar surface area (TPSA) is 68.2 Å². The Labute approximate surface area is 134 Å². The fourth-order valence-electron chi connectivity index (χ4n) is 3.23. The fourth-order valence-corrected chi connectivity index (χ4v) is 3.23. The highest BCUT2D eigenvalue weighted by molar-refractivity contribution is 5.92. The van der Waals surface area contributed by atoms with Gasteiger partial charge in [-0.25, -0.2) is 0 Å². The lowest BCUT2D eigenvalue weighted by Crippen LogP contribution is -2.32. The van der Waals surface area contributed by atoms with E-state index in [1.807, 2.05) is 22.9 Å². The number of carbonyl (C=O) groups is 1. The largest absolute Gasteiger partial charge is 0.371 e. The van der Waals surface area contributed by atoms with Crippen molar-refractivity contribution in [2.24, 2.45) is 0 Å². The summed E-state index contributed by atoms with van der Waals surface area (Å²) in [5.41, 5.74) is 4.02. The van der Waals surface area contributed by atoms with Crippen LogP contribution in [-0.4, -0.2) is 35.4 Å². The Morgan fingerprint density at radius 3 is 3.26 bits per heavy atom. The van der Waals surface area contributed by atoms with Gasteiger partial charge in [0.15, 0.2) is 0 Å². The fraction of sp³-hybridized carbons (Fsp3) is 0.412. The molecule has 6 nitrogen and oxygen atoms in total. The summed E-state index contributed by atoms with van der Waals surface area (Å²) < 4.78 is 7.72. The quantitative estimate of drug-likeness (QED) is 0.888. The molecule has 3 heterocycles. The molecule has 1 aromatic carbocycles. The predicted octanol–water partition coefficient (Wildman–Crippen LogP) is 1.03. The van der Waals surface area contributed by atoms with Gasteiger partial charge in [0.2, 0.25) is 0 Å². The number of fused-ring (bicyclic) bond motifs is 2. The zero-order chi connectivity index (χ0) is 15.6. The van der Waals surface area contributed by atoms with Crippen LogP contribution < -0.4 is 10.6 Å². The van der Waals surface area contributed by atoms with Crippen molar-refractivity contribution in [1.29, 1.82) is 0 Å². The molecule has 6 heteroatoms. The van der Waals surface area contributed by atoms with Gasteiger partial charge >= 0.3 is 0 Å². The maximum Gasteiger partial charge on any atom is 0.271 e. The summed E-state index contributed by atoms with van der Waals surface area (Å²) >= 11 is 0. The third-order valence-electron chi connectivity index (χ3n) is 4.44. The Kier molecular flexibility index (Phi) is 3.85. The Bertz CT molecular complexity index is 702. The van der Waals surface area contributed by atoms with Gasteiger partial charge in [0.25, 0.3) is 5.91 Å². The van der Waals surface area contributed by atoms with E-state index >= 15 is 0 Å². The van der Waals surface area contributed by atoms with Gasteiger partial charge < -0.3 is 15.4 Å². The second-order valence-corrected chi connectivity index (χ2v) is 5.94. The summed E-state index contributed by atoms with van der Waals surface area (Å²) in [5, 5.41) is 10.6. The summed E-state index contributed by atoms with van der Waals surface area (Å²) in [6.45, 7) is 3.63. The highest BCUT2D eigenvalue weighted by Crippen LogP contribution is 2.26. The Morgan fingerprint density at radius 1 is 1.43 bits per heavy atom. The van der Waals surface area contributed by atoms with Crippen LogP contribution in [0.2, 0.25) is 0 Å². The van der Waals surface area contributed by atoms with Crippen molar-refractivity contribution in [3.63, 3.8) is 0 Å². The Hall–Kier alpha value is -2.18. The summed E-state index contributed by atoms with van der Waals surface area (Å²) in [7, 11) is 0. The van der Waals surface area contributed by atoms with E-state index in [1.165, 1.54) is 11.1 Å². The van der Waals surface area contributed by atoms with Crippen LogP contribution in [0, 0.1) is 0 Å². The average Bonchev–Trinajstić information content (AvgIpc) is 3.04. The number of carbonyl (C=O) groups excluding carboxylic acids is 1. The van der Waals surface area contributed by atoms with E-state index in [2.05, 4.69) is 27.9 Å². The predicted molar refractivity (Wildman–Crippen MR) is 85.1 cm³/mol. The molecule has 1 amide bonds. The molecule has 2 aliphatic rings. The van der Waals surface area contributed by atoms with Crippen molar-refractivity contribution >= 4 is 5.91 Å². The van der Waals surface area contributed by atoms with Crippen molar-refractivity contribution < 1.29 is 9.53 Å². The van der Waals surface area contributed by atoms with Crippen molar-refractivity contribution in [1.82, 2.24) is 20.4 Å². The number of nitrogens with zero attached hydrogens (tertiary/aromatic N) is 2. The summed E-state index contributed by atoms with van der Waals surface area (Å²) in [6.07, 6.45) is 0.851. The highest BCUT2D eigenvalue weighted by Gasteiger charge is 2.22. The van der Waals surface area contributed by atoms with Crippen molar-refractivity contribution in [2.45, 2.75) is 25.6 Å². The first kappa shape index (κ1) is 14.4. The Morgan fingerprint density at radius 2 is 2.35 bits per heavy atom. The minimum Gasteiger partial charge on any atom is -0.371 e. The monoisotopic (exact) mass is 312 g/mol. The zero-order valence-electron chi connectivity index (χ0n) is 12.9. The van der Waals surface area contributed by atoms with E-state index in [0.717, 1.165) is 31.7 Å². The minimum absolute atomic E-state index is 0.0807. The van der Waals surface area contributed by atoms with E-state index < -0.39 is 0 Å². The summed E-state index contributed by atoms with van der Waals surface area (Å²) in [6, 6.07) is 10.1. The summed E-state index contributed by atoms with van der Waals surface area (Å²) in [4.78, 5) is 12.4. The number of ether oxygens (including phenoxy) is 1. The normalized spacial score (nSPS) is 19.7. The first-order valence-corrected chi connectivity index (χ1v) is 8.06. The van der Waals surface area contributed by atoms with Crippen LogP contribution in [0.1, 0.15) is 33.4 Å². The van der Waals surface area contributed by atoms with Gasteiger partial charge in [-0.15, -0.1) is 0 Å². The molecule has 120 valence electrons. The van der Waals surface area contributed by atoms with E-state index in [0.29, 0.717) is 18.8 Å². The van der Waals surface area contributed by atoms with E-state index in [1.54, 1.807) is 0 Å². The molecule has 2 aliphatic heterocycles. The second-order valence-electron chi connectivity index (χ2n) is 5.94. The molecular formula is C17H20N4O2. The molecule has 23 heavy (non-hydrogen) atoms. The molecule has 0 radical (unpaired) electrons. The first-order valence-electron chi connectivity index (χ1n) is 8.06. The lowest BCUT2D eigenvalue weighted by Gasteiger charge is -2.26. The minimum atomic E-state index is -0.140. The van der Waals surface area contributed by atoms with Crippen LogP contribution in [0.4, 0.5) is 0 Å². The molecule has 2 N–H and O–H groups in total. The third kappa shape index (κ3) is 2.87. The van der Waals surface area contributed by atoms with Gasteiger partial charge in [0, 0.05) is 19.6 Å². The molecule has 0 aliphatic carbocycles. The Balaban J connectivity index is 1.43. The highest BCUT2D eigenvalue weighted by atomic mass is 16.5. The van der Waals surface area contributed by atoms with Crippen LogP contribution in [0.5, 0.6) is 0 Å². The lowest BCUT2D eigenvalue weighted by molar-refractivity contribution is 0.0411. The summed E-state index contributed by atoms with van der Waals surface area (Å²) in [5.74, 6) is -0.140. The molecular weight excluding hydrogens is 292 g/mol. The third-order valence-corrected chi connectivity index (χ3v) is 4.44. The van der Waals surface area contributed by atoms with Crippen molar-refractivity contribution in [3.8, 4) is 0 Å². The van der Waals surface area contributed by atoms with E-state index in [4.69, 9.17) is 4.74 Å². The number of rotatable bonds is 3. The molecule has 4 rings (SSSR count). The molecule has 0 saturated heterocycles. The number of aromatic nitrogens is 2. The van der Waals surface area contributed by atoms with Crippen LogP contribution in [0.15, 0.2) is 30.3 Å².